The third-order valence-corrected chi connectivity index (χ3v) is 5.00. The number of halogens is 1. The van der Waals surface area contributed by atoms with Gasteiger partial charge in [0.1, 0.15) is 5.75 Å². The van der Waals surface area contributed by atoms with Gasteiger partial charge >= 0.3 is 0 Å². The Kier molecular flexibility index (Phi) is 5.39. The number of anilines is 1. The predicted molar refractivity (Wildman–Crippen MR) is 106 cm³/mol. The van der Waals surface area contributed by atoms with Crippen molar-refractivity contribution in [3.05, 3.63) is 70.7 Å². The third-order valence-electron chi connectivity index (χ3n) is 4.11. The van der Waals surface area contributed by atoms with Crippen LogP contribution in [0.15, 0.2) is 65.1 Å². The Labute approximate surface area is 156 Å². The Morgan fingerprint density at radius 2 is 1.88 bits per heavy atom. The Morgan fingerprint density at radius 1 is 1.12 bits per heavy atom. The molecule has 4 heteroatoms. The van der Waals surface area contributed by atoms with Gasteiger partial charge in [-0.1, -0.05) is 59.3 Å². The van der Waals surface area contributed by atoms with E-state index >= 15 is 0 Å². The van der Waals surface area contributed by atoms with E-state index in [0.29, 0.717) is 6.42 Å². The molecule has 1 amide bonds. The SMILES string of the molecule is CC[C@H](Oc1cccc2ccccc12)C(=O)Nc1ccc(Br)c(C)c1. The smallest absolute Gasteiger partial charge is 0.265 e. The molecule has 0 bridgehead atoms. The first-order valence-corrected chi connectivity index (χ1v) is 9.09. The zero-order chi connectivity index (χ0) is 17.8. The first-order chi connectivity index (χ1) is 12.1. The number of hydrogen-bond donors (Lipinski definition) is 1. The van der Waals surface area contributed by atoms with Gasteiger partial charge in [0.15, 0.2) is 6.10 Å². The van der Waals surface area contributed by atoms with Crippen molar-refractivity contribution in [2.45, 2.75) is 26.4 Å². The van der Waals surface area contributed by atoms with Crippen LogP contribution in [0.25, 0.3) is 10.8 Å². The Balaban J connectivity index is 1.79. The lowest BCUT2D eigenvalue weighted by molar-refractivity contribution is -0.122. The minimum absolute atomic E-state index is 0.142. The van der Waals surface area contributed by atoms with Crippen molar-refractivity contribution in [2.24, 2.45) is 0 Å². The predicted octanol–water partition coefficient (Wildman–Crippen LogP) is 5.71. The van der Waals surface area contributed by atoms with Crippen molar-refractivity contribution < 1.29 is 9.53 Å². The van der Waals surface area contributed by atoms with Crippen LogP contribution in [0.5, 0.6) is 5.75 Å². The number of amides is 1. The Morgan fingerprint density at radius 3 is 2.64 bits per heavy atom. The summed E-state index contributed by atoms with van der Waals surface area (Å²) in [6.07, 6.45) is 0.0413. The molecule has 1 atom stereocenters. The topological polar surface area (TPSA) is 38.3 Å². The number of hydrogen-bond acceptors (Lipinski definition) is 2. The molecule has 0 fully saturated rings. The first-order valence-electron chi connectivity index (χ1n) is 8.30. The van der Waals surface area contributed by atoms with Gasteiger partial charge in [-0.2, -0.15) is 0 Å². The highest BCUT2D eigenvalue weighted by Gasteiger charge is 2.19. The van der Waals surface area contributed by atoms with Crippen LogP contribution in [0.1, 0.15) is 18.9 Å². The van der Waals surface area contributed by atoms with Gasteiger partial charge in [0.2, 0.25) is 0 Å². The van der Waals surface area contributed by atoms with Crippen molar-refractivity contribution in [1.29, 1.82) is 0 Å². The van der Waals surface area contributed by atoms with Crippen molar-refractivity contribution >= 4 is 38.3 Å². The van der Waals surface area contributed by atoms with E-state index in [1.165, 1.54) is 0 Å². The summed E-state index contributed by atoms with van der Waals surface area (Å²) in [6, 6.07) is 19.6. The van der Waals surface area contributed by atoms with Gasteiger partial charge in [0.25, 0.3) is 5.91 Å². The van der Waals surface area contributed by atoms with E-state index in [2.05, 4.69) is 21.2 Å². The van der Waals surface area contributed by atoms with Crippen LogP contribution < -0.4 is 10.1 Å². The van der Waals surface area contributed by atoms with E-state index in [-0.39, 0.29) is 5.91 Å². The highest BCUT2D eigenvalue weighted by Crippen LogP contribution is 2.27. The summed E-state index contributed by atoms with van der Waals surface area (Å²) >= 11 is 3.47. The molecule has 0 saturated carbocycles. The lowest BCUT2D eigenvalue weighted by atomic mass is 10.1. The highest BCUT2D eigenvalue weighted by molar-refractivity contribution is 9.10. The molecular weight excluding hydrogens is 378 g/mol. The van der Waals surface area contributed by atoms with Gasteiger partial charge in [0, 0.05) is 15.5 Å². The fourth-order valence-electron chi connectivity index (χ4n) is 2.72. The molecule has 0 aromatic heterocycles. The van der Waals surface area contributed by atoms with Crippen LogP contribution in [0.3, 0.4) is 0 Å². The molecule has 0 aliphatic carbocycles. The summed E-state index contributed by atoms with van der Waals surface area (Å²) in [7, 11) is 0. The van der Waals surface area contributed by atoms with E-state index in [4.69, 9.17) is 4.74 Å². The average Bonchev–Trinajstić information content (AvgIpc) is 2.62. The van der Waals surface area contributed by atoms with Crippen molar-refractivity contribution in [3.63, 3.8) is 0 Å². The summed E-state index contributed by atoms with van der Waals surface area (Å²) in [5.74, 6) is 0.587. The zero-order valence-corrected chi connectivity index (χ0v) is 15.8. The van der Waals surface area contributed by atoms with Crippen LogP contribution in [0.2, 0.25) is 0 Å². The first kappa shape index (κ1) is 17.5. The molecule has 0 heterocycles. The normalized spacial score (nSPS) is 12.0. The second-order valence-electron chi connectivity index (χ2n) is 5.95. The third kappa shape index (κ3) is 4.02. The molecule has 0 saturated heterocycles. The largest absolute Gasteiger partial charge is 0.480 e. The summed E-state index contributed by atoms with van der Waals surface area (Å²) < 4.78 is 7.06. The van der Waals surface area contributed by atoms with E-state index in [1.54, 1.807) is 0 Å². The fraction of sp³-hybridized carbons (Fsp3) is 0.190. The number of benzene rings is 3. The molecule has 1 N–H and O–H groups in total. The lowest BCUT2D eigenvalue weighted by Gasteiger charge is -2.19. The Bertz CT molecular complexity index is 902. The van der Waals surface area contributed by atoms with Gasteiger partial charge in [-0.05, 0) is 48.6 Å². The average molecular weight is 398 g/mol. The lowest BCUT2D eigenvalue weighted by Crippen LogP contribution is -2.32. The molecule has 0 aliphatic rings. The van der Waals surface area contributed by atoms with E-state index in [1.807, 2.05) is 74.5 Å². The van der Waals surface area contributed by atoms with Gasteiger partial charge < -0.3 is 10.1 Å². The number of carbonyl (C=O) groups excluding carboxylic acids is 1. The number of fused-ring (bicyclic) bond motifs is 1. The highest BCUT2D eigenvalue weighted by atomic mass is 79.9. The molecule has 3 aromatic carbocycles. The molecule has 0 aliphatic heterocycles. The van der Waals surface area contributed by atoms with Gasteiger partial charge in [-0.25, -0.2) is 0 Å². The summed E-state index contributed by atoms with van der Waals surface area (Å²) in [6.45, 7) is 3.94. The maximum Gasteiger partial charge on any atom is 0.265 e. The fourth-order valence-corrected chi connectivity index (χ4v) is 2.97. The summed E-state index contributed by atoms with van der Waals surface area (Å²) in [5.41, 5.74) is 1.84. The monoisotopic (exact) mass is 397 g/mol. The van der Waals surface area contributed by atoms with Gasteiger partial charge in [-0.3, -0.25) is 4.79 Å². The van der Waals surface area contributed by atoms with E-state index < -0.39 is 6.10 Å². The van der Waals surface area contributed by atoms with Crippen molar-refractivity contribution in [2.75, 3.05) is 5.32 Å². The quantitative estimate of drug-likeness (QED) is 0.598. The molecule has 3 rings (SSSR count). The standard InChI is InChI=1S/C21H20BrNO2/c1-3-19(21(24)23-16-11-12-18(22)14(2)13-16)25-20-10-6-8-15-7-4-5-9-17(15)20/h4-13,19H,3H2,1-2H3,(H,23,24)/t19-/m0/s1. The van der Waals surface area contributed by atoms with Gasteiger partial charge in [-0.15, -0.1) is 0 Å². The minimum atomic E-state index is -0.547. The summed E-state index contributed by atoms with van der Waals surface area (Å²) in [4.78, 5) is 12.6. The number of carbonyl (C=O) groups is 1. The molecule has 0 radical (unpaired) electrons. The Hall–Kier alpha value is -2.33. The number of nitrogens with one attached hydrogen (secondary N) is 1. The number of rotatable bonds is 5. The molecular formula is C21H20BrNO2. The number of aryl methyl sites for hydroxylation is 1. The second kappa shape index (κ2) is 7.70. The van der Waals surface area contributed by atoms with Crippen LogP contribution in [-0.4, -0.2) is 12.0 Å². The summed E-state index contributed by atoms with van der Waals surface area (Å²) in [5, 5.41) is 5.05. The van der Waals surface area contributed by atoms with E-state index in [9.17, 15) is 4.79 Å². The van der Waals surface area contributed by atoms with E-state index in [0.717, 1.165) is 32.2 Å². The van der Waals surface area contributed by atoms with Crippen LogP contribution in [-0.2, 0) is 4.79 Å². The van der Waals surface area contributed by atoms with Crippen molar-refractivity contribution in [3.8, 4) is 5.75 Å². The maximum absolute atomic E-state index is 12.6. The van der Waals surface area contributed by atoms with Crippen LogP contribution in [0.4, 0.5) is 5.69 Å². The number of ether oxygens (including phenoxy) is 1. The molecule has 3 aromatic rings. The molecule has 3 nitrogen and oxygen atoms in total. The molecule has 0 unspecified atom stereocenters. The van der Waals surface area contributed by atoms with Gasteiger partial charge in [0.05, 0.1) is 0 Å². The maximum atomic E-state index is 12.6. The second-order valence-corrected chi connectivity index (χ2v) is 6.80. The molecule has 25 heavy (non-hydrogen) atoms. The zero-order valence-electron chi connectivity index (χ0n) is 14.3. The van der Waals surface area contributed by atoms with Crippen LogP contribution >= 0.6 is 15.9 Å². The molecule has 0 spiro atoms. The van der Waals surface area contributed by atoms with Crippen LogP contribution in [0, 0.1) is 6.92 Å². The minimum Gasteiger partial charge on any atom is -0.480 e. The molecule has 128 valence electrons. The van der Waals surface area contributed by atoms with Crippen molar-refractivity contribution in [1.82, 2.24) is 0 Å².